The van der Waals surface area contributed by atoms with E-state index in [1.54, 1.807) is 16.8 Å². The molecule has 3 aromatic heterocycles. The second-order valence-electron chi connectivity index (χ2n) is 6.71. The SMILES string of the molecule is O=c1oc2cc(N3CCCNCC3)ccc2cc1-c1cn2cccnc2n1. The molecule has 27 heavy (non-hydrogen) atoms. The number of nitrogens with one attached hydrogen (secondary N) is 1. The van der Waals surface area contributed by atoms with Crippen molar-refractivity contribution >= 4 is 22.4 Å². The second-order valence-corrected chi connectivity index (χ2v) is 6.71. The third-order valence-corrected chi connectivity index (χ3v) is 4.94. The number of hydrogen-bond donors (Lipinski definition) is 1. The van der Waals surface area contributed by atoms with E-state index < -0.39 is 0 Å². The first-order valence-corrected chi connectivity index (χ1v) is 9.12. The first kappa shape index (κ1) is 16.0. The summed E-state index contributed by atoms with van der Waals surface area (Å²) >= 11 is 0. The number of nitrogens with zero attached hydrogens (tertiary/aromatic N) is 4. The van der Waals surface area contributed by atoms with Crippen LogP contribution in [0.15, 0.2) is 58.1 Å². The summed E-state index contributed by atoms with van der Waals surface area (Å²) in [5, 5.41) is 4.28. The molecule has 1 N–H and O–H groups in total. The fourth-order valence-corrected chi connectivity index (χ4v) is 3.54. The first-order chi connectivity index (χ1) is 13.3. The molecule has 0 saturated carbocycles. The van der Waals surface area contributed by atoms with E-state index in [4.69, 9.17) is 4.42 Å². The van der Waals surface area contributed by atoms with Crippen LogP contribution in [0.2, 0.25) is 0 Å². The molecule has 1 aliphatic rings. The van der Waals surface area contributed by atoms with Gasteiger partial charge in [-0.2, -0.15) is 0 Å². The number of rotatable bonds is 2. The number of benzene rings is 1. The summed E-state index contributed by atoms with van der Waals surface area (Å²) in [4.78, 5) is 23.5. The van der Waals surface area contributed by atoms with E-state index in [0.29, 0.717) is 22.6 Å². The van der Waals surface area contributed by atoms with Gasteiger partial charge >= 0.3 is 5.63 Å². The fraction of sp³-hybridized carbons (Fsp3) is 0.250. The van der Waals surface area contributed by atoms with Gasteiger partial charge in [0.15, 0.2) is 0 Å². The van der Waals surface area contributed by atoms with Gasteiger partial charge in [-0.15, -0.1) is 0 Å². The summed E-state index contributed by atoms with van der Waals surface area (Å²) in [5.74, 6) is 0.553. The van der Waals surface area contributed by atoms with Crippen molar-refractivity contribution in [2.45, 2.75) is 6.42 Å². The lowest BCUT2D eigenvalue weighted by molar-refractivity contribution is 0.563. The third kappa shape index (κ3) is 2.96. The molecule has 7 nitrogen and oxygen atoms in total. The Morgan fingerprint density at radius 2 is 2.11 bits per heavy atom. The molecule has 7 heteroatoms. The molecule has 4 aromatic rings. The minimum atomic E-state index is -0.388. The van der Waals surface area contributed by atoms with Crippen LogP contribution in [0.25, 0.3) is 28.0 Å². The van der Waals surface area contributed by atoms with Crippen LogP contribution in [0.1, 0.15) is 6.42 Å². The van der Waals surface area contributed by atoms with E-state index in [9.17, 15) is 4.79 Å². The Kier molecular flexibility index (Phi) is 3.86. The van der Waals surface area contributed by atoms with Crippen LogP contribution in [0.3, 0.4) is 0 Å². The summed E-state index contributed by atoms with van der Waals surface area (Å²) in [5.41, 5.74) is 2.30. The van der Waals surface area contributed by atoms with Crippen LogP contribution in [0, 0.1) is 0 Å². The van der Waals surface area contributed by atoms with Crippen molar-refractivity contribution in [2.24, 2.45) is 0 Å². The zero-order valence-corrected chi connectivity index (χ0v) is 14.8. The Labute approximate surface area is 155 Å². The average molecular weight is 361 g/mol. The highest BCUT2D eigenvalue weighted by molar-refractivity contribution is 5.84. The molecule has 136 valence electrons. The van der Waals surface area contributed by atoms with E-state index in [1.165, 1.54) is 0 Å². The fourth-order valence-electron chi connectivity index (χ4n) is 3.54. The molecule has 0 amide bonds. The molecule has 4 heterocycles. The van der Waals surface area contributed by atoms with E-state index in [1.807, 2.05) is 30.5 Å². The highest BCUT2D eigenvalue weighted by Crippen LogP contribution is 2.25. The van der Waals surface area contributed by atoms with Gasteiger partial charge in [-0.25, -0.2) is 14.8 Å². The standard InChI is InChI=1S/C20H19N5O2/c26-19-16(17-13-25-9-2-6-22-20(25)23-17)11-14-3-4-15(12-18(14)27-19)24-8-1-5-21-7-10-24/h2-4,6,9,11-13,21H,1,5,7-8,10H2. The van der Waals surface area contributed by atoms with E-state index in [0.717, 1.165) is 43.7 Å². The lowest BCUT2D eigenvalue weighted by Gasteiger charge is -2.22. The number of anilines is 1. The molecular weight excluding hydrogens is 342 g/mol. The summed E-state index contributed by atoms with van der Waals surface area (Å²) in [6, 6.07) is 9.71. The van der Waals surface area contributed by atoms with Crippen molar-refractivity contribution in [2.75, 3.05) is 31.1 Å². The molecule has 5 rings (SSSR count). The van der Waals surface area contributed by atoms with Crippen molar-refractivity contribution in [1.82, 2.24) is 19.7 Å². The zero-order valence-electron chi connectivity index (χ0n) is 14.8. The van der Waals surface area contributed by atoms with Gasteiger partial charge in [0.1, 0.15) is 5.58 Å². The molecule has 0 bridgehead atoms. The monoisotopic (exact) mass is 361 g/mol. The zero-order chi connectivity index (χ0) is 18.2. The maximum absolute atomic E-state index is 12.6. The Morgan fingerprint density at radius 3 is 3.04 bits per heavy atom. The minimum absolute atomic E-state index is 0.388. The largest absolute Gasteiger partial charge is 0.422 e. The molecule has 0 atom stereocenters. The van der Waals surface area contributed by atoms with Crippen LogP contribution >= 0.6 is 0 Å². The molecule has 1 aromatic carbocycles. The maximum Gasteiger partial charge on any atom is 0.345 e. The lowest BCUT2D eigenvalue weighted by atomic mass is 10.1. The molecule has 0 radical (unpaired) electrons. The van der Waals surface area contributed by atoms with Crippen molar-refractivity contribution in [3.05, 3.63) is 59.3 Å². The van der Waals surface area contributed by atoms with Crippen LogP contribution in [0.5, 0.6) is 0 Å². The number of imidazole rings is 1. The molecule has 0 unspecified atom stereocenters. The van der Waals surface area contributed by atoms with Crippen molar-refractivity contribution in [3.8, 4) is 11.3 Å². The minimum Gasteiger partial charge on any atom is -0.422 e. The highest BCUT2D eigenvalue weighted by atomic mass is 16.4. The second kappa shape index (κ2) is 6.51. The summed E-state index contributed by atoms with van der Waals surface area (Å²) in [6.07, 6.45) is 6.42. The lowest BCUT2D eigenvalue weighted by Crippen LogP contribution is -2.27. The molecular formula is C20H19N5O2. The van der Waals surface area contributed by atoms with Crippen LogP contribution < -0.4 is 15.8 Å². The van der Waals surface area contributed by atoms with Crippen molar-refractivity contribution < 1.29 is 4.42 Å². The third-order valence-electron chi connectivity index (χ3n) is 4.94. The topological polar surface area (TPSA) is 75.7 Å². The molecule has 0 aliphatic carbocycles. The van der Waals surface area contributed by atoms with Crippen LogP contribution in [-0.2, 0) is 0 Å². The van der Waals surface area contributed by atoms with Crippen molar-refractivity contribution in [1.29, 1.82) is 0 Å². The summed E-state index contributed by atoms with van der Waals surface area (Å²) in [6.45, 7) is 3.94. The van der Waals surface area contributed by atoms with Gasteiger partial charge in [0.05, 0.1) is 11.3 Å². The number of hydrogen-bond acceptors (Lipinski definition) is 6. The first-order valence-electron chi connectivity index (χ1n) is 9.12. The van der Waals surface area contributed by atoms with Gasteiger partial charge in [0.25, 0.3) is 0 Å². The van der Waals surface area contributed by atoms with Crippen molar-refractivity contribution in [3.63, 3.8) is 0 Å². The average Bonchev–Trinajstić information content (AvgIpc) is 2.92. The number of aromatic nitrogens is 3. The predicted octanol–water partition coefficient (Wildman–Crippen LogP) is 2.30. The van der Waals surface area contributed by atoms with E-state index in [2.05, 4.69) is 26.3 Å². The van der Waals surface area contributed by atoms with E-state index >= 15 is 0 Å². The van der Waals surface area contributed by atoms with Gasteiger partial charge in [-0.3, -0.25) is 4.40 Å². The molecule has 1 fully saturated rings. The van der Waals surface area contributed by atoms with E-state index in [-0.39, 0.29) is 5.63 Å². The van der Waals surface area contributed by atoms with Gasteiger partial charge in [-0.1, -0.05) is 0 Å². The van der Waals surface area contributed by atoms with Gasteiger partial charge in [-0.05, 0) is 37.2 Å². The number of fused-ring (bicyclic) bond motifs is 2. The quantitative estimate of drug-likeness (QED) is 0.552. The molecule has 0 spiro atoms. The maximum atomic E-state index is 12.6. The molecule has 1 aliphatic heterocycles. The Hall–Kier alpha value is -3.19. The Balaban J connectivity index is 1.56. The Morgan fingerprint density at radius 1 is 1.15 bits per heavy atom. The van der Waals surface area contributed by atoms with Gasteiger partial charge < -0.3 is 14.6 Å². The summed E-state index contributed by atoms with van der Waals surface area (Å²) in [7, 11) is 0. The molecule has 1 saturated heterocycles. The predicted molar refractivity (Wildman–Crippen MR) is 104 cm³/mol. The van der Waals surface area contributed by atoms with Gasteiger partial charge in [0.2, 0.25) is 5.78 Å². The van der Waals surface area contributed by atoms with Gasteiger partial charge in [0, 0.05) is 55.4 Å². The smallest absolute Gasteiger partial charge is 0.345 e. The summed E-state index contributed by atoms with van der Waals surface area (Å²) < 4.78 is 7.43. The van der Waals surface area contributed by atoms with Crippen LogP contribution in [0.4, 0.5) is 5.69 Å². The Bertz CT molecular complexity index is 1140. The normalized spacial score (nSPS) is 15.3. The highest BCUT2D eigenvalue weighted by Gasteiger charge is 2.14. The van der Waals surface area contributed by atoms with Crippen LogP contribution in [-0.4, -0.2) is 40.5 Å².